The number of ether oxygens (including phenoxy) is 3. The van der Waals surface area contributed by atoms with Gasteiger partial charge in [0, 0.05) is 54.2 Å². The van der Waals surface area contributed by atoms with Crippen LogP contribution in [0.2, 0.25) is 0 Å². The van der Waals surface area contributed by atoms with Gasteiger partial charge >= 0.3 is 0 Å². The van der Waals surface area contributed by atoms with Crippen LogP contribution < -0.4 is 15.0 Å². The Morgan fingerprint density at radius 2 is 1.84 bits per heavy atom. The average Bonchev–Trinajstić information content (AvgIpc) is 3.49. The predicted octanol–water partition coefficient (Wildman–Crippen LogP) is 8.88. The smallest absolute Gasteiger partial charge is 0.251 e. The maximum Gasteiger partial charge on any atom is 0.251 e. The monoisotopic (exact) mass is 694 g/mol. The maximum absolute atomic E-state index is 13.9. The number of aryl methyl sites for hydroxylation is 1. The van der Waals surface area contributed by atoms with Crippen molar-refractivity contribution in [3.05, 3.63) is 94.5 Å². The third-order valence-corrected chi connectivity index (χ3v) is 10.3. The number of carbonyl (C=O) groups is 1. The van der Waals surface area contributed by atoms with Gasteiger partial charge in [0.25, 0.3) is 5.91 Å². The standard InChI is InChI=1S/C41H50N4O4S/c1-5-6-19-47-21-22-49-38-16-11-32(12-17-38)33-13-18-39-34(24-33)25-35(23-29(2)45(39)40-28-50-43-30(40)3)41(46)42-36-14-9-31(10-15-36)26-44(4)37-8-7-20-48-27-37/h9-18,24-25,28-29,37H,5-8,19-23,26-27H2,1-4H3,(H,42,46). The largest absolute Gasteiger partial charge is 0.491 e. The Balaban J connectivity index is 1.19. The highest BCUT2D eigenvalue weighted by Crippen LogP contribution is 2.41. The van der Waals surface area contributed by atoms with E-state index in [0.29, 0.717) is 25.7 Å². The van der Waals surface area contributed by atoms with Crippen LogP contribution >= 0.6 is 11.5 Å². The first kappa shape index (κ1) is 35.8. The molecule has 9 heteroatoms. The first-order valence-corrected chi connectivity index (χ1v) is 18.8. The number of fused-ring (bicyclic) bond motifs is 1. The van der Waals surface area contributed by atoms with Gasteiger partial charge in [-0.25, -0.2) is 0 Å². The summed E-state index contributed by atoms with van der Waals surface area (Å²) in [6.45, 7) is 10.8. The number of aromatic nitrogens is 1. The lowest BCUT2D eigenvalue weighted by molar-refractivity contribution is -0.112. The summed E-state index contributed by atoms with van der Waals surface area (Å²) in [7, 11) is 2.16. The quantitative estimate of drug-likeness (QED) is 0.132. The molecule has 1 aromatic heterocycles. The molecule has 8 nitrogen and oxygen atoms in total. The number of hydrogen-bond donors (Lipinski definition) is 1. The number of hydrogen-bond acceptors (Lipinski definition) is 8. The fourth-order valence-electron chi connectivity index (χ4n) is 6.71. The zero-order valence-electron chi connectivity index (χ0n) is 29.8. The van der Waals surface area contributed by atoms with Crippen molar-refractivity contribution in [3.8, 4) is 16.9 Å². The first-order valence-electron chi connectivity index (χ1n) is 17.9. The number of unbranched alkanes of at least 4 members (excludes halogenated alkanes) is 1. The van der Waals surface area contributed by atoms with E-state index in [4.69, 9.17) is 14.2 Å². The van der Waals surface area contributed by atoms with Crippen molar-refractivity contribution in [3.63, 3.8) is 0 Å². The third-order valence-electron chi connectivity index (χ3n) is 9.58. The van der Waals surface area contributed by atoms with E-state index in [1.54, 1.807) is 0 Å². The molecular weight excluding hydrogens is 645 g/mol. The normalized spacial score (nSPS) is 17.6. The van der Waals surface area contributed by atoms with Gasteiger partial charge in [-0.15, -0.1) is 0 Å². The Morgan fingerprint density at radius 1 is 1.04 bits per heavy atom. The molecule has 2 unspecified atom stereocenters. The summed E-state index contributed by atoms with van der Waals surface area (Å²) in [4.78, 5) is 18.6. The maximum atomic E-state index is 13.9. The van der Waals surface area contributed by atoms with E-state index >= 15 is 0 Å². The molecule has 4 aromatic rings. The van der Waals surface area contributed by atoms with E-state index in [-0.39, 0.29) is 11.9 Å². The lowest BCUT2D eigenvalue weighted by atomic mass is 10.00. The minimum atomic E-state index is -0.0837. The van der Waals surface area contributed by atoms with Crippen LogP contribution in [0.25, 0.3) is 17.2 Å². The number of rotatable bonds is 14. The summed E-state index contributed by atoms with van der Waals surface area (Å²) in [5, 5.41) is 5.29. The number of benzene rings is 3. The molecule has 3 aromatic carbocycles. The molecule has 2 aliphatic rings. The molecule has 1 N–H and O–H groups in total. The zero-order chi connectivity index (χ0) is 34.9. The first-order chi connectivity index (χ1) is 24.4. The van der Waals surface area contributed by atoms with Crippen LogP contribution in [0.4, 0.5) is 17.1 Å². The van der Waals surface area contributed by atoms with Crippen molar-refractivity contribution < 1.29 is 19.0 Å². The predicted molar refractivity (Wildman–Crippen MR) is 205 cm³/mol. The van der Waals surface area contributed by atoms with E-state index in [9.17, 15) is 4.79 Å². The van der Waals surface area contributed by atoms with Gasteiger partial charge < -0.3 is 24.4 Å². The second kappa shape index (κ2) is 17.3. The fourth-order valence-corrected chi connectivity index (χ4v) is 7.40. The number of carbonyl (C=O) groups excluding carboxylic acids is 1. The molecule has 3 heterocycles. The van der Waals surface area contributed by atoms with Gasteiger partial charge in [0.1, 0.15) is 12.4 Å². The van der Waals surface area contributed by atoms with Gasteiger partial charge in [0.2, 0.25) is 0 Å². The van der Waals surface area contributed by atoms with Crippen LogP contribution in [0, 0.1) is 6.92 Å². The van der Waals surface area contributed by atoms with Gasteiger partial charge in [0.15, 0.2) is 0 Å². The Hall–Kier alpha value is -4.02. The molecule has 264 valence electrons. The molecule has 1 amide bonds. The molecule has 0 radical (unpaired) electrons. The molecule has 6 rings (SSSR count). The van der Waals surface area contributed by atoms with Crippen molar-refractivity contribution in [1.29, 1.82) is 0 Å². The molecule has 50 heavy (non-hydrogen) atoms. The SMILES string of the molecule is CCCCOCCOc1ccc(-c2ccc3c(c2)C=C(C(=O)Nc2ccc(CN(C)C4CCCOC4)cc2)CC(C)N3c2csnc2C)cc1. The molecule has 0 saturated carbocycles. The Labute approximate surface area is 301 Å². The second-order valence-electron chi connectivity index (χ2n) is 13.4. The molecule has 2 aliphatic heterocycles. The fraction of sp³-hybridized carbons (Fsp3) is 0.415. The summed E-state index contributed by atoms with van der Waals surface area (Å²) in [5.74, 6) is 0.736. The molecule has 2 atom stereocenters. The van der Waals surface area contributed by atoms with Crippen LogP contribution in [-0.4, -0.2) is 67.3 Å². The Bertz CT molecular complexity index is 1730. The zero-order valence-corrected chi connectivity index (χ0v) is 30.6. The Kier molecular flexibility index (Phi) is 12.4. The number of anilines is 3. The van der Waals surface area contributed by atoms with E-state index in [1.165, 1.54) is 23.5 Å². The average molecular weight is 695 g/mol. The summed E-state index contributed by atoms with van der Waals surface area (Å²) in [6.07, 6.45) is 7.12. The topological polar surface area (TPSA) is 76.2 Å². The van der Waals surface area contributed by atoms with Gasteiger partial charge in [-0.05, 0) is 123 Å². The molecule has 1 fully saturated rings. The number of nitrogens with zero attached hydrogens (tertiary/aromatic N) is 3. The van der Waals surface area contributed by atoms with Gasteiger partial charge in [-0.2, -0.15) is 4.37 Å². The number of amides is 1. The van der Waals surface area contributed by atoms with E-state index in [2.05, 4.69) is 94.3 Å². The summed E-state index contributed by atoms with van der Waals surface area (Å²) >= 11 is 1.46. The third kappa shape index (κ3) is 9.01. The van der Waals surface area contributed by atoms with Crippen molar-refractivity contribution in [2.24, 2.45) is 0 Å². The highest BCUT2D eigenvalue weighted by Gasteiger charge is 2.28. The van der Waals surface area contributed by atoms with Crippen molar-refractivity contribution in [2.75, 3.05) is 50.3 Å². The van der Waals surface area contributed by atoms with E-state index < -0.39 is 0 Å². The molecule has 0 bridgehead atoms. The minimum absolute atomic E-state index is 0.0401. The lowest BCUT2D eigenvalue weighted by Crippen LogP contribution is -2.37. The highest BCUT2D eigenvalue weighted by molar-refractivity contribution is 7.04. The van der Waals surface area contributed by atoms with Crippen LogP contribution in [0.3, 0.4) is 0 Å². The highest BCUT2D eigenvalue weighted by atomic mass is 32.1. The van der Waals surface area contributed by atoms with Crippen molar-refractivity contribution in [2.45, 2.75) is 71.5 Å². The lowest BCUT2D eigenvalue weighted by Gasteiger charge is -2.31. The summed E-state index contributed by atoms with van der Waals surface area (Å²) in [6, 6.07) is 23.4. The summed E-state index contributed by atoms with van der Waals surface area (Å²) in [5.41, 5.74) is 9.02. The number of likely N-dealkylation sites (N-methyl/N-ethyl adjacent to an activating group) is 1. The Morgan fingerprint density at radius 3 is 2.56 bits per heavy atom. The van der Waals surface area contributed by atoms with Crippen molar-refractivity contribution >= 4 is 40.6 Å². The van der Waals surface area contributed by atoms with Crippen LogP contribution in [-0.2, 0) is 20.8 Å². The number of nitrogens with one attached hydrogen (secondary N) is 1. The molecule has 0 aliphatic carbocycles. The molecule has 0 spiro atoms. The van der Waals surface area contributed by atoms with Crippen LogP contribution in [0.15, 0.2) is 77.7 Å². The minimum Gasteiger partial charge on any atom is -0.491 e. The molecular formula is C41H50N4O4S. The van der Waals surface area contributed by atoms with E-state index in [1.807, 2.05) is 31.2 Å². The van der Waals surface area contributed by atoms with Crippen molar-refractivity contribution in [1.82, 2.24) is 9.27 Å². The molecule has 1 saturated heterocycles. The van der Waals surface area contributed by atoms with Gasteiger partial charge in [0.05, 0.1) is 24.6 Å². The summed E-state index contributed by atoms with van der Waals surface area (Å²) < 4.78 is 21.8. The van der Waals surface area contributed by atoms with E-state index in [0.717, 1.165) is 96.4 Å². The second-order valence-corrected chi connectivity index (χ2v) is 14.1. The van der Waals surface area contributed by atoms with Crippen LogP contribution in [0.1, 0.15) is 62.8 Å². The van der Waals surface area contributed by atoms with Gasteiger partial charge in [-0.1, -0.05) is 43.7 Å². The van der Waals surface area contributed by atoms with Gasteiger partial charge in [-0.3, -0.25) is 9.69 Å². The van der Waals surface area contributed by atoms with Crippen LogP contribution in [0.5, 0.6) is 5.75 Å².